The standard InChI is InChI=1S/C6H11INOP/c1-8-3-5(10)4(7)2-6(8)9/h4-5H,2-3,10H2,1H3. The normalized spacial score (nSPS) is 34.7. The molecule has 0 saturated carbocycles. The zero-order chi connectivity index (χ0) is 7.72. The molecule has 0 aromatic heterocycles. The first kappa shape index (κ1) is 8.72. The number of amides is 1. The molecule has 0 spiro atoms. The molecule has 1 heterocycles. The number of halogens is 1. The molecule has 1 rings (SSSR count). The maximum atomic E-state index is 11.1. The third-order valence-corrected chi connectivity index (χ3v) is 4.57. The van der Waals surface area contributed by atoms with Crippen molar-refractivity contribution in [1.29, 1.82) is 0 Å². The fraction of sp³-hybridized carbons (Fsp3) is 0.833. The summed E-state index contributed by atoms with van der Waals surface area (Å²) in [5.41, 5.74) is 0.572. The van der Waals surface area contributed by atoms with Gasteiger partial charge < -0.3 is 4.90 Å². The molecular formula is C6H11INOP. The van der Waals surface area contributed by atoms with Crippen molar-refractivity contribution in [3.63, 3.8) is 0 Å². The van der Waals surface area contributed by atoms with Crippen molar-refractivity contribution in [1.82, 2.24) is 4.90 Å². The van der Waals surface area contributed by atoms with Crippen LogP contribution in [0, 0.1) is 0 Å². The predicted molar refractivity (Wildman–Crippen MR) is 53.6 cm³/mol. The Morgan fingerprint density at radius 2 is 2.40 bits per heavy atom. The van der Waals surface area contributed by atoms with E-state index in [4.69, 9.17) is 0 Å². The summed E-state index contributed by atoms with van der Waals surface area (Å²) in [6.07, 6.45) is 0.700. The van der Waals surface area contributed by atoms with Crippen LogP contribution in [0.2, 0.25) is 0 Å². The van der Waals surface area contributed by atoms with Gasteiger partial charge in [0, 0.05) is 29.6 Å². The summed E-state index contributed by atoms with van der Waals surface area (Å²) in [6, 6.07) is 0. The minimum atomic E-state index is 0.276. The Labute approximate surface area is 77.1 Å². The molecule has 0 aliphatic carbocycles. The van der Waals surface area contributed by atoms with Crippen LogP contribution in [0.15, 0.2) is 0 Å². The van der Waals surface area contributed by atoms with Gasteiger partial charge in [0.2, 0.25) is 5.91 Å². The summed E-state index contributed by atoms with van der Waals surface area (Å²) in [7, 11) is 4.65. The van der Waals surface area contributed by atoms with E-state index >= 15 is 0 Å². The highest BCUT2D eigenvalue weighted by atomic mass is 127. The van der Waals surface area contributed by atoms with Gasteiger partial charge >= 0.3 is 0 Å². The van der Waals surface area contributed by atoms with E-state index in [1.54, 1.807) is 4.90 Å². The number of carbonyl (C=O) groups is 1. The molecule has 0 N–H and O–H groups in total. The first-order valence-corrected chi connectivity index (χ1v) is 5.16. The lowest BCUT2D eigenvalue weighted by Gasteiger charge is -2.30. The first-order valence-electron chi connectivity index (χ1n) is 3.25. The molecule has 0 bridgehead atoms. The number of hydrogen-bond acceptors (Lipinski definition) is 1. The number of piperidine rings is 1. The molecule has 4 heteroatoms. The van der Waals surface area contributed by atoms with Gasteiger partial charge in [-0.3, -0.25) is 4.79 Å². The fourth-order valence-electron chi connectivity index (χ4n) is 1.01. The lowest BCUT2D eigenvalue weighted by molar-refractivity contribution is -0.131. The summed E-state index contributed by atoms with van der Waals surface area (Å²) >= 11 is 2.34. The van der Waals surface area contributed by atoms with E-state index in [0.29, 0.717) is 16.0 Å². The van der Waals surface area contributed by atoms with Crippen molar-refractivity contribution in [2.45, 2.75) is 16.0 Å². The van der Waals surface area contributed by atoms with Gasteiger partial charge in [0.15, 0.2) is 0 Å². The Morgan fingerprint density at radius 1 is 1.80 bits per heavy atom. The van der Waals surface area contributed by atoms with Gasteiger partial charge in [-0.05, 0) is 0 Å². The molecule has 1 aliphatic rings. The average Bonchev–Trinajstić information content (AvgIpc) is 1.84. The Morgan fingerprint density at radius 3 is 2.90 bits per heavy atom. The third-order valence-electron chi connectivity index (χ3n) is 1.74. The van der Waals surface area contributed by atoms with Crippen LogP contribution in [0.3, 0.4) is 0 Å². The highest BCUT2D eigenvalue weighted by Gasteiger charge is 2.27. The molecule has 1 aliphatic heterocycles. The van der Waals surface area contributed by atoms with Crippen LogP contribution in [0.5, 0.6) is 0 Å². The largest absolute Gasteiger partial charge is 0.345 e. The molecule has 0 aromatic rings. The van der Waals surface area contributed by atoms with Crippen LogP contribution in [0.1, 0.15) is 6.42 Å². The maximum Gasteiger partial charge on any atom is 0.223 e. The van der Waals surface area contributed by atoms with Crippen molar-refractivity contribution in [3.8, 4) is 0 Å². The molecule has 58 valence electrons. The zero-order valence-corrected chi connectivity index (χ0v) is 9.19. The Bertz CT molecular complexity index is 153. The van der Waals surface area contributed by atoms with Crippen molar-refractivity contribution < 1.29 is 4.79 Å². The number of rotatable bonds is 0. The lowest BCUT2D eigenvalue weighted by Crippen LogP contribution is -2.42. The van der Waals surface area contributed by atoms with Crippen LogP contribution < -0.4 is 0 Å². The third kappa shape index (κ3) is 1.82. The van der Waals surface area contributed by atoms with E-state index in [9.17, 15) is 4.79 Å². The molecule has 0 aromatic carbocycles. The van der Waals surface area contributed by atoms with Crippen LogP contribution in [-0.4, -0.2) is 34.0 Å². The van der Waals surface area contributed by atoms with E-state index in [1.807, 2.05) is 7.05 Å². The maximum absolute atomic E-state index is 11.1. The van der Waals surface area contributed by atoms with E-state index in [1.165, 1.54) is 0 Å². The summed E-state index contributed by atoms with van der Waals surface area (Å²) in [4.78, 5) is 12.9. The van der Waals surface area contributed by atoms with Crippen LogP contribution in [-0.2, 0) is 4.79 Å². The smallest absolute Gasteiger partial charge is 0.223 e. The number of hydrogen-bond donors (Lipinski definition) is 0. The van der Waals surface area contributed by atoms with Crippen molar-refractivity contribution in [3.05, 3.63) is 0 Å². The van der Waals surface area contributed by atoms with Gasteiger partial charge in [-0.1, -0.05) is 22.6 Å². The van der Waals surface area contributed by atoms with Crippen molar-refractivity contribution in [2.24, 2.45) is 0 Å². The SMILES string of the molecule is CN1CC(P)C(I)CC1=O. The molecule has 0 radical (unpaired) electrons. The van der Waals surface area contributed by atoms with Crippen LogP contribution in [0.25, 0.3) is 0 Å². The fourth-order valence-corrected chi connectivity index (χ4v) is 2.06. The summed E-state index contributed by atoms with van der Waals surface area (Å²) in [5, 5.41) is 0. The summed E-state index contributed by atoms with van der Waals surface area (Å²) in [5.74, 6) is 0.276. The summed E-state index contributed by atoms with van der Waals surface area (Å²) < 4.78 is 0.506. The van der Waals surface area contributed by atoms with E-state index in [0.717, 1.165) is 6.54 Å². The van der Waals surface area contributed by atoms with Gasteiger partial charge in [0.1, 0.15) is 0 Å². The minimum absolute atomic E-state index is 0.276. The van der Waals surface area contributed by atoms with E-state index in [-0.39, 0.29) is 5.91 Å². The van der Waals surface area contributed by atoms with Crippen LogP contribution in [0.4, 0.5) is 0 Å². The summed E-state index contributed by atoms with van der Waals surface area (Å²) in [6.45, 7) is 0.886. The molecule has 2 nitrogen and oxygen atoms in total. The van der Waals surface area contributed by atoms with E-state index < -0.39 is 0 Å². The average molecular weight is 271 g/mol. The molecular weight excluding hydrogens is 260 g/mol. The minimum Gasteiger partial charge on any atom is -0.345 e. The van der Waals surface area contributed by atoms with Gasteiger partial charge in [-0.15, -0.1) is 9.24 Å². The number of alkyl halides is 1. The van der Waals surface area contributed by atoms with Crippen molar-refractivity contribution in [2.75, 3.05) is 13.6 Å². The monoisotopic (exact) mass is 271 g/mol. The number of nitrogens with zero attached hydrogens (tertiary/aromatic N) is 1. The molecule has 3 unspecified atom stereocenters. The Balaban J connectivity index is 2.54. The Kier molecular flexibility index (Phi) is 2.92. The van der Waals surface area contributed by atoms with Gasteiger partial charge in [-0.25, -0.2) is 0 Å². The second kappa shape index (κ2) is 3.35. The van der Waals surface area contributed by atoms with Crippen molar-refractivity contribution >= 4 is 37.7 Å². The topological polar surface area (TPSA) is 20.3 Å². The second-order valence-electron chi connectivity index (χ2n) is 2.66. The molecule has 1 saturated heterocycles. The number of likely N-dealkylation sites (tertiary alicyclic amines) is 1. The quantitative estimate of drug-likeness (QED) is 0.364. The number of carbonyl (C=O) groups excluding carboxylic acids is 1. The zero-order valence-electron chi connectivity index (χ0n) is 5.88. The molecule has 3 atom stereocenters. The lowest BCUT2D eigenvalue weighted by atomic mass is 10.1. The highest BCUT2D eigenvalue weighted by Crippen LogP contribution is 2.24. The van der Waals surface area contributed by atoms with Crippen LogP contribution >= 0.6 is 31.8 Å². The highest BCUT2D eigenvalue weighted by molar-refractivity contribution is 14.1. The second-order valence-corrected chi connectivity index (χ2v) is 5.11. The predicted octanol–water partition coefficient (Wildman–Crippen LogP) is 0.896. The van der Waals surface area contributed by atoms with Gasteiger partial charge in [0.25, 0.3) is 0 Å². The van der Waals surface area contributed by atoms with Gasteiger partial charge in [-0.2, -0.15) is 0 Å². The molecule has 10 heavy (non-hydrogen) atoms. The van der Waals surface area contributed by atoms with Gasteiger partial charge in [0.05, 0.1) is 0 Å². The molecule has 1 fully saturated rings. The Hall–Kier alpha value is 0.630. The van der Waals surface area contributed by atoms with E-state index in [2.05, 4.69) is 31.8 Å². The molecule has 1 amide bonds. The first-order chi connectivity index (χ1) is 4.61.